The van der Waals surface area contributed by atoms with Crippen molar-refractivity contribution in [1.29, 1.82) is 0 Å². The van der Waals surface area contributed by atoms with Crippen LogP contribution >= 0.6 is 0 Å². The maximum atomic E-state index is 2.47. The Morgan fingerprint density at radius 3 is 0.320 bits per heavy atom. The van der Waals surface area contributed by atoms with Gasteiger partial charge in [-0.15, -0.1) is 0 Å². The van der Waals surface area contributed by atoms with E-state index in [1.54, 1.807) is 0 Å². The fourth-order valence-electron chi connectivity index (χ4n) is 21.3. The van der Waals surface area contributed by atoms with Crippen LogP contribution in [0.15, 0.2) is 455 Å². The van der Waals surface area contributed by atoms with Crippen LogP contribution in [0.1, 0.15) is 282 Å². The fourth-order valence-corrected chi connectivity index (χ4v) is 21.3. The predicted molar refractivity (Wildman–Crippen MR) is 518 cm³/mol. The lowest BCUT2D eigenvalue weighted by atomic mass is 9.69. The van der Waals surface area contributed by atoms with Gasteiger partial charge in [-0.05, 0) is 269 Å². The highest BCUT2D eigenvalue weighted by Crippen LogP contribution is 2.52. The molecule has 0 bridgehead atoms. The summed E-state index contributed by atoms with van der Waals surface area (Å²) in [5.41, 5.74) is 21.6. The van der Waals surface area contributed by atoms with Gasteiger partial charge < -0.3 is 0 Å². The van der Waals surface area contributed by atoms with E-state index in [1.165, 1.54) is 83.5 Å². The summed E-state index contributed by atoms with van der Waals surface area (Å²) < 4.78 is 0. The van der Waals surface area contributed by atoms with Crippen molar-refractivity contribution < 1.29 is 0 Å². The van der Waals surface area contributed by atoms with Gasteiger partial charge in [-0.25, -0.2) is 0 Å². The Balaban J connectivity index is 0.762. The molecule has 0 heterocycles. The van der Waals surface area contributed by atoms with E-state index in [2.05, 4.69) is 469 Å². The molecule has 0 aromatic heterocycles. The van der Waals surface area contributed by atoms with E-state index < -0.39 is 0 Å². The molecular formula is C122H126. The topological polar surface area (TPSA) is 0 Å². The van der Waals surface area contributed by atoms with Crippen LogP contribution < -0.4 is 0 Å². The number of hydrogen-bond acceptors (Lipinski definition) is 0. The molecule has 0 N–H and O–H groups in total. The van der Waals surface area contributed by atoms with E-state index in [9.17, 15) is 0 Å². The van der Waals surface area contributed by atoms with Gasteiger partial charge in [0.15, 0.2) is 0 Å². The molecule has 15 atom stereocenters. The molecule has 15 unspecified atom stereocenters. The second-order valence-corrected chi connectivity index (χ2v) is 35.5. The first kappa shape index (κ1) is 85.3. The van der Waals surface area contributed by atoms with Gasteiger partial charge in [0.05, 0.1) is 0 Å². The maximum absolute atomic E-state index is 2.47. The van der Waals surface area contributed by atoms with Crippen LogP contribution in [-0.2, 0) is 0 Å². The molecule has 0 aliphatic rings. The van der Waals surface area contributed by atoms with Crippen LogP contribution in [0, 0.1) is 0 Å². The summed E-state index contributed by atoms with van der Waals surface area (Å²) in [6.45, 7) is 4.84. The summed E-state index contributed by atoms with van der Waals surface area (Å²) in [6.07, 6.45) is 15.8. The first-order valence-electron chi connectivity index (χ1n) is 46.1. The average molecular weight is 1590 g/mol. The minimum Gasteiger partial charge on any atom is -0.0648 e. The third-order valence-electron chi connectivity index (χ3n) is 27.7. The molecule has 0 spiro atoms. The summed E-state index contributed by atoms with van der Waals surface area (Å²) in [5.74, 6) is 4.67. The SMILES string of the molecule is CCC(CC(CC(CC(CC(CC(CC(CC(CC(CC(CC(CC(CC(CC(CC(C)c1ccccc1)c1ccccc1)c1ccccc1)c1ccccc1)c1ccccc1)c1ccccc1)c1ccccc1)c1ccccc1)c1ccccc1)c1ccccc1)c1ccccc1)c1ccccc1)c1ccccc1)c1ccccc1)c1ccccc1. The van der Waals surface area contributed by atoms with Crippen molar-refractivity contribution in [2.45, 2.75) is 199 Å². The van der Waals surface area contributed by atoms with E-state index >= 15 is 0 Å². The van der Waals surface area contributed by atoms with Crippen LogP contribution in [0.2, 0.25) is 0 Å². The van der Waals surface area contributed by atoms with Gasteiger partial charge in [0, 0.05) is 0 Å². The van der Waals surface area contributed by atoms with Crippen LogP contribution in [0.5, 0.6) is 0 Å². The molecule has 122 heavy (non-hydrogen) atoms. The molecule has 0 fully saturated rings. The highest BCUT2D eigenvalue weighted by atomic mass is 14.4. The van der Waals surface area contributed by atoms with Crippen LogP contribution in [0.4, 0.5) is 0 Å². The lowest BCUT2D eigenvalue weighted by Gasteiger charge is -2.35. The molecule has 0 amide bonds. The van der Waals surface area contributed by atoms with Crippen molar-refractivity contribution >= 4 is 0 Å². The van der Waals surface area contributed by atoms with Crippen molar-refractivity contribution in [3.05, 3.63) is 538 Å². The molecule has 0 saturated heterocycles. The van der Waals surface area contributed by atoms with Crippen molar-refractivity contribution in [2.75, 3.05) is 0 Å². The van der Waals surface area contributed by atoms with Crippen molar-refractivity contribution in [1.82, 2.24) is 0 Å². The van der Waals surface area contributed by atoms with Gasteiger partial charge >= 0.3 is 0 Å². The highest BCUT2D eigenvalue weighted by molar-refractivity contribution is 5.37. The summed E-state index contributed by atoms with van der Waals surface area (Å²) >= 11 is 0. The largest absolute Gasteiger partial charge is 0.0648 e. The zero-order valence-corrected chi connectivity index (χ0v) is 72.1. The van der Waals surface area contributed by atoms with Gasteiger partial charge in [0.25, 0.3) is 0 Å². The first-order valence-corrected chi connectivity index (χ1v) is 46.1. The Morgan fingerprint density at radius 1 is 0.115 bits per heavy atom. The normalized spacial score (nSPS) is 15.3. The molecular weight excluding hydrogens is 1470 g/mol. The molecule has 15 rings (SSSR count). The van der Waals surface area contributed by atoms with Crippen molar-refractivity contribution in [2.24, 2.45) is 0 Å². The van der Waals surface area contributed by atoms with Crippen LogP contribution in [0.3, 0.4) is 0 Å². The standard InChI is InChI=1S/C122H126/c1-3-94(96-51-21-5-22-52-96)80-111(98-55-25-7-26-56-98)82-113(100-59-29-9-30-60-100)84-115(102-63-33-11-34-64-102)86-117(104-67-37-13-38-68-104)88-119(106-71-41-15-42-72-106)90-121(108-75-45-17-46-76-108)92-122(109-77-47-18-48-78-109)91-120(107-73-43-16-44-74-107)89-118(105-69-39-14-40-70-105)87-116(103-65-35-12-36-66-103)85-114(101-61-31-10-32-62-101)83-112(99-57-27-8-28-58-99)81-110(97-53-23-6-24-54-97)79-93(2)95-49-19-4-20-50-95/h4-78,93-94,110-122H,3,79-92H2,1-2H3. The fraction of sp³-hybridized carbons (Fsp3) is 0.262. The third kappa shape index (κ3) is 24.3. The Bertz CT molecular complexity index is 5210. The van der Waals surface area contributed by atoms with E-state index in [1.807, 2.05) is 0 Å². The van der Waals surface area contributed by atoms with Crippen LogP contribution in [-0.4, -0.2) is 0 Å². The molecule has 0 aliphatic carbocycles. The second kappa shape index (κ2) is 45.3. The minimum absolute atomic E-state index is 0.250. The molecule has 0 heteroatoms. The predicted octanol–water partition coefficient (Wildman–Crippen LogP) is 33.6. The van der Waals surface area contributed by atoms with E-state index in [-0.39, 0.29) is 41.4 Å². The summed E-state index contributed by atoms with van der Waals surface area (Å²) in [7, 11) is 0. The minimum atomic E-state index is 0.250. The first-order chi connectivity index (χ1) is 60.4. The number of benzene rings is 15. The summed E-state index contributed by atoms with van der Waals surface area (Å²) in [6, 6.07) is 175. The Morgan fingerprint density at radius 2 is 0.205 bits per heavy atom. The number of rotatable bonds is 44. The van der Waals surface area contributed by atoms with Gasteiger partial charge in [-0.2, -0.15) is 0 Å². The molecule has 0 nitrogen and oxygen atoms in total. The van der Waals surface area contributed by atoms with Crippen LogP contribution in [0.25, 0.3) is 0 Å². The second-order valence-electron chi connectivity index (χ2n) is 35.5. The van der Waals surface area contributed by atoms with Crippen molar-refractivity contribution in [3.63, 3.8) is 0 Å². The summed E-state index contributed by atoms with van der Waals surface area (Å²) in [5, 5.41) is 0. The molecule has 15 aromatic carbocycles. The number of hydrogen-bond donors (Lipinski definition) is 0. The third-order valence-corrected chi connectivity index (χ3v) is 27.7. The lowest BCUT2D eigenvalue weighted by Crippen LogP contribution is -2.19. The monoisotopic (exact) mass is 1590 g/mol. The Hall–Kier alpha value is -11.7. The van der Waals surface area contributed by atoms with Gasteiger partial charge in [0.1, 0.15) is 0 Å². The molecule has 0 aliphatic heterocycles. The zero-order chi connectivity index (χ0) is 83.0. The quantitative estimate of drug-likeness (QED) is 0.0357. The molecule has 15 aromatic rings. The average Bonchev–Trinajstić information content (AvgIpc) is 0.826. The van der Waals surface area contributed by atoms with Gasteiger partial charge in [0.2, 0.25) is 0 Å². The Kier molecular flexibility index (Phi) is 31.6. The van der Waals surface area contributed by atoms with Gasteiger partial charge in [-0.3, -0.25) is 0 Å². The van der Waals surface area contributed by atoms with E-state index in [0.717, 1.165) is 96.3 Å². The molecule has 614 valence electrons. The zero-order valence-electron chi connectivity index (χ0n) is 72.1. The highest BCUT2D eigenvalue weighted by Gasteiger charge is 2.36. The van der Waals surface area contributed by atoms with Crippen molar-refractivity contribution in [3.8, 4) is 0 Å². The molecule has 0 radical (unpaired) electrons. The lowest BCUT2D eigenvalue weighted by molar-refractivity contribution is 0.360. The Labute approximate surface area is 732 Å². The smallest absolute Gasteiger partial charge is 0.0150 e. The van der Waals surface area contributed by atoms with Gasteiger partial charge in [-0.1, -0.05) is 469 Å². The maximum Gasteiger partial charge on any atom is -0.0150 e. The molecule has 0 saturated carbocycles. The summed E-state index contributed by atoms with van der Waals surface area (Å²) in [4.78, 5) is 0. The van der Waals surface area contributed by atoms with E-state index in [0.29, 0.717) is 47.3 Å². The van der Waals surface area contributed by atoms with E-state index in [4.69, 9.17) is 0 Å².